The monoisotopic (exact) mass is 396 g/mol. The molecule has 1 spiro atoms. The van der Waals surface area contributed by atoms with Gasteiger partial charge in [0, 0.05) is 31.9 Å². The zero-order chi connectivity index (χ0) is 20.4. The van der Waals surface area contributed by atoms with E-state index in [9.17, 15) is 14.0 Å². The Morgan fingerprint density at radius 2 is 1.90 bits per heavy atom. The third-order valence-corrected chi connectivity index (χ3v) is 6.25. The second kappa shape index (κ2) is 7.81. The number of rotatable bonds is 2. The van der Waals surface area contributed by atoms with E-state index < -0.39 is 0 Å². The van der Waals surface area contributed by atoms with Crippen LogP contribution < -0.4 is 10.6 Å². The molecule has 0 radical (unpaired) electrons. The number of fused-ring (bicyclic) bond motifs is 1. The van der Waals surface area contributed by atoms with Crippen LogP contribution in [0.1, 0.15) is 40.7 Å². The van der Waals surface area contributed by atoms with Gasteiger partial charge in [-0.2, -0.15) is 0 Å². The van der Waals surface area contributed by atoms with Gasteiger partial charge in [-0.15, -0.1) is 0 Å². The van der Waals surface area contributed by atoms with Gasteiger partial charge in [0.1, 0.15) is 11.6 Å². The lowest BCUT2D eigenvalue weighted by atomic mass is 9.66. The van der Waals surface area contributed by atoms with Gasteiger partial charge in [0.25, 0.3) is 5.91 Å². The summed E-state index contributed by atoms with van der Waals surface area (Å²) in [7, 11) is 1.56. The molecule has 0 atom stereocenters. The van der Waals surface area contributed by atoms with Crippen molar-refractivity contribution < 1.29 is 14.0 Å². The summed E-state index contributed by atoms with van der Waals surface area (Å²) >= 11 is 0. The highest BCUT2D eigenvalue weighted by atomic mass is 19.1. The summed E-state index contributed by atoms with van der Waals surface area (Å²) in [6.45, 7) is 1.32. The maximum Gasteiger partial charge on any atom is 0.323 e. The van der Waals surface area contributed by atoms with Crippen molar-refractivity contribution in [1.82, 2.24) is 15.2 Å². The molecule has 2 aromatic rings. The zero-order valence-electron chi connectivity index (χ0n) is 16.5. The van der Waals surface area contributed by atoms with Crippen molar-refractivity contribution in [3.63, 3.8) is 0 Å². The van der Waals surface area contributed by atoms with E-state index in [1.807, 2.05) is 6.07 Å². The minimum absolute atomic E-state index is 0.148. The highest BCUT2D eigenvalue weighted by Crippen LogP contribution is 2.43. The Morgan fingerprint density at radius 3 is 2.66 bits per heavy atom. The molecule has 29 heavy (non-hydrogen) atoms. The molecule has 1 saturated heterocycles. The van der Waals surface area contributed by atoms with E-state index in [0.717, 1.165) is 37.7 Å². The van der Waals surface area contributed by atoms with Crippen LogP contribution in [0.2, 0.25) is 0 Å². The third-order valence-electron chi connectivity index (χ3n) is 6.25. The summed E-state index contributed by atoms with van der Waals surface area (Å²) in [5.41, 5.74) is 2.96. The number of hydrogen-bond donors (Lipinski definition) is 2. The minimum atomic E-state index is -0.225. The van der Waals surface area contributed by atoms with Gasteiger partial charge in [0.2, 0.25) is 0 Å². The summed E-state index contributed by atoms with van der Waals surface area (Å²) in [5.74, 6) is -0.0422. The van der Waals surface area contributed by atoms with E-state index in [1.165, 1.54) is 17.8 Å². The van der Waals surface area contributed by atoms with Crippen LogP contribution in [-0.4, -0.2) is 42.0 Å². The van der Waals surface area contributed by atoms with E-state index >= 15 is 0 Å². The van der Waals surface area contributed by atoms with Crippen molar-refractivity contribution in [3.05, 3.63) is 59.0 Å². The van der Waals surface area contributed by atoms with Gasteiger partial charge < -0.3 is 10.2 Å². The largest absolute Gasteiger partial charge is 0.355 e. The maximum atomic E-state index is 13.6. The summed E-state index contributed by atoms with van der Waals surface area (Å²) in [6.07, 6.45) is 6.24. The number of pyridine rings is 1. The van der Waals surface area contributed by atoms with Crippen molar-refractivity contribution in [2.45, 2.75) is 32.1 Å². The third kappa shape index (κ3) is 4.09. The van der Waals surface area contributed by atoms with E-state index in [0.29, 0.717) is 24.5 Å². The lowest BCUT2D eigenvalue weighted by Crippen LogP contribution is -2.46. The first kappa shape index (κ1) is 19.4. The summed E-state index contributed by atoms with van der Waals surface area (Å²) in [6, 6.07) is 8.07. The number of nitrogens with one attached hydrogen (secondary N) is 2. The van der Waals surface area contributed by atoms with Gasteiger partial charge >= 0.3 is 6.03 Å². The first-order chi connectivity index (χ1) is 14.0. The lowest BCUT2D eigenvalue weighted by Gasteiger charge is -2.44. The highest BCUT2D eigenvalue weighted by Gasteiger charge is 2.38. The summed E-state index contributed by atoms with van der Waals surface area (Å²) < 4.78 is 13.6. The topological polar surface area (TPSA) is 74.3 Å². The Balaban J connectivity index is 1.37. The molecule has 1 aliphatic heterocycles. The van der Waals surface area contributed by atoms with Crippen LogP contribution >= 0.6 is 0 Å². The van der Waals surface area contributed by atoms with Crippen LogP contribution in [0, 0.1) is 11.2 Å². The Morgan fingerprint density at radius 1 is 1.10 bits per heavy atom. The first-order valence-electron chi connectivity index (χ1n) is 9.99. The number of piperidine rings is 1. The van der Waals surface area contributed by atoms with E-state index in [4.69, 9.17) is 0 Å². The summed E-state index contributed by atoms with van der Waals surface area (Å²) in [5, 5.41) is 5.35. The number of nitrogens with zero attached hydrogens (tertiary/aromatic N) is 2. The van der Waals surface area contributed by atoms with Crippen molar-refractivity contribution in [2.75, 3.05) is 25.5 Å². The highest BCUT2D eigenvalue weighted by molar-refractivity contribution is 5.96. The second-order valence-corrected chi connectivity index (χ2v) is 8.02. The van der Waals surface area contributed by atoms with Crippen LogP contribution in [0.4, 0.5) is 15.0 Å². The van der Waals surface area contributed by atoms with Crippen molar-refractivity contribution in [1.29, 1.82) is 0 Å². The fraction of sp³-hybridized carbons (Fsp3) is 0.409. The molecule has 6 nitrogen and oxygen atoms in total. The van der Waals surface area contributed by atoms with Crippen molar-refractivity contribution in [2.24, 2.45) is 5.41 Å². The van der Waals surface area contributed by atoms with Crippen LogP contribution in [0.3, 0.4) is 0 Å². The number of carbonyl (C=O) groups is 2. The molecule has 152 valence electrons. The maximum absolute atomic E-state index is 13.6. The second-order valence-electron chi connectivity index (χ2n) is 8.02. The number of anilines is 1. The van der Waals surface area contributed by atoms with Crippen LogP contribution in [0.25, 0.3) is 0 Å². The molecule has 1 fully saturated rings. The number of urea groups is 1. The van der Waals surface area contributed by atoms with Crippen molar-refractivity contribution >= 4 is 17.8 Å². The zero-order valence-corrected chi connectivity index (χ0v) is 16.5. The standard InChI is InChI=1S/C22H25FN4O2/c1-24-20(28)16-5-9-25-19(13-16)26-21(29)27-10-7-22(8-11-27)6-4-15-2-3-18(23)12-17(15)14-22/h2-3,5,9,12-13H,4,6-8,10-11,14H2,1H3,(H,24,28)(H,25,26,29). The van der Waals surface area contributed by atoms with Crippen LogP contribution in [0.5, 0.6) is 0 Å². The van der Waals surface area contributed by atoms with Crippen molar-refractivity contribution in [3.8, 4) is 0 Å². The molecule has 1 aromatic heterocycles. The lowest BCUT2D eigenvalue weighted by molar-refractivity contribution is 0.0962. The average molecular weight is 396 g/mol. The molecule has 3 amide bonds. The molecule has 0 unspecified atom stereocenters. The number of likely N-dealkylation sites (tertiary alicyclic amines) is 1. The van der Waals surface area contributed by atoms with Crippen LogP contribution in [-0.2, 0) is 12.8 Å². The van der Waals surface area contributed by atoms with E-state index in [2.05, 4.69) is 15.6 Å². The molecule has 4 rings (SSSR count). The van der Waals surface area contributed by atoms with Gasteiger partial charge in [-0.1, -0.05) is 6.07 Å². The van der Waals surface area contributed by atoms with Gasteiger partial charge in [0.15, 0.2) is 0 Å². The molecule has 2 N–H and O–H groups in total. The predicted octanol–water partition coefficient (Wildman–Crippen LogP) is 3.38. The normalized spacial score (nSPS) is 17.5. The Labute approximate surface area is 169 Å². The Bertz CT molecular complexity index is 938. The molecule has 1 aliphatic carbocycles. The molecule has 2 heterocycles. The number of hydrogen-bond acceptors (Lipinski definition) is 3. The number of halogens is 1. The Kier molecular flexibility index (Phi) is 5.22. The molecular formula is C22H25FN4O2. The first-order valence-corrected chi connectivity index (χ1v) is 9.99. The quantitative estimate of drug-likeness (QED) is 0.817. The molecule has 0 saturated carbocycles. The number of aromatic nitrogens is 1. The van der Waals surface area contributed by atoms with Gasteiger partial charge in [-0.25, -0.2) is 14.2 Å². The molecular weight excluding hydrogens is 371 g/mol. The Hall–Kier alpha value is -2.96. The van der Waals surface area contributed by atoms with Gasteiger partial charge in [-0.05, 0) is 72.9 Å². The van der Waals surface area contributed by atoms with Crippen LogP contribution in [0.15, 0.2) is 36.5 Å². The molecule has 7 heteroatoms. The van der Waals surface area contributed by atoms with Gasteiger partial charge in [0.05, 0.1) is 0 Å². The fourth-order valence-corrected chi connectivity index (χ4v) is 4.48. The summed E-state index contributed by atoms with van der Waals surface area (Å²) in [4.78, 5) is 30.3. The average Bonchev–Trinajstić information content (AvgIpc) is 2.73. The van der Waals surface area contributed by atoms with Gasteiger partial charge in [-0.3, -0.25) is 10.1 Å². The minimum Gasteiger partial charge on any atom is -0.355 e. The SMILES string of the molecule is CNC(=O)c1ccnc(NC(=O)N2CCC3(CCc4ccc(F)cc4C3)CC2)c1. The number of carbonyl (C=O) groups excluding carboxylic acids is 2. The van der Waals surface area contributed by atoms with E-state index in [1.54, 1.807) is 30.1 Å². The number of amides is 3. The molecule has 2 aliphatic rings. The molecule has 1 aromatic carbocycles. The smallest absolute Gasteiger partial charge is 0.323 e. The molecule has 0 bridgehead atoms. The number of benzene rings is 1. The fourth-order valence-electron chi connectivity index (χ4n) is 4.48. The number of aryl methyl sites for hydroxylation is 1. The van der Waals surface area contributed by atoms with E-state index in [-0.39, 0.29) is 23.2 Å². The predicted molar refractivity (Wildman–Crippen MR) is 108 cm³/mol.